The Morgan fingerprint density at radius 3 is 2.75 bits per heavy atom. The van der Waals surface area contributed by atoms with Crippen molar-refractivity contribution in [1.29, 1.82) is 0 Å². The molecule has 1 aromatic carbocycles. The van der Waals surface area contributed by atoms with Gasteiger partial charge < -0.3 is 9.73 Å². The highest BCUT2D eigenvalue weighted by Gasteiger charge is 2.20. The average Bonchev–Trinajstić information content (AvgIpc) is 3.22. The smallest absolute Gasteiger partial charge is 0.270 e. The Morgan fingerprint density at radius 1 is 1.29 bits per heavy atom. The highest BCUT2D eigenvalue weighted by molar-refractivity contribution is 6.32. The number of aromatic nitrogens is 2. The van der Waals surface area contributed by atoms with Crippen LogP contribution in [0.4, 0.5) is 0 Å². The van der Waals surface area contributed by atoms with Gasteiger partial charge in [-0.15, -0.1) is 0 Å². The normalized spacial score (nSPS) is 11.0. The van der Waals surface area contributed by atoms with Gasteiger partial charge in [-0.3, -0.25) is 4.79 Å². The molecule has 1 N–H and O–H groups in total. The molecule has 0 saturated heterocycles. The predicted molar refractivity (Wildman–Crippen MR) is 93.4 cm³/mol. The first-order chi connectivity index (χ1) is 11.6. The van der Waals surface area contributed by atoms with Gasteiger partial charge in [0, 0.05) is 12.6 Å². The van der Waals surface area contributed by atoms with Crippen LogP contribution in [0.2, 0.25) is 5.02 Å². The molecule has 3 rings (SSSR count). The number of amides is 1. The van der Waals surface area contributed by atoms with Crippen LogP contribution in [0.25, 0.3) is 17.1 Å². The third-order valence-corrected chi connectivity index (χ3v) is 3.79. The van der Waals surface area contributed by atoms with Gasteiger partial charge in [0.05, 0.1) is 17.0 Å². The second kappa shape index (κ2) is 6.93. The Hall–Kier alpha value is -2.53. The fourth-order valence-electron chi connectivity index (χ4n) is 2.28. The van der Waals surface area contributed by atoms with Gasteiger partial charge in [0.15, 0.2) is 5.76 Å². The summed E-state index contributed by atoms with van der Waals surface area (Å²) >= 11 is 6.28. The molecule has 0 aliphatic carbocycles. The quantitative estimate of drug-likeness (QED) is 0.756. The molecule has 5 nitrogen and oxygen atoms in total. The van der Waals surface area contributed by atoms with Crippen LogP contribution in [0, 0.1) is 5.92 Å². The Balaban J connectivity index is 2.05. The van der Waals surface area contributed by atoms with Crippen LogP contribution >= 0.6 is 11.6 Å². The number of halogens is 1. The van der Waals surface area contributed by atoms with Crippen molar-refractivity contribution in [3.05, 3.63) is 59.4 Å². The zero-order valence-electron chi connectivity index (χ0n) is 13.5. The third-order valence-electron chi connectivity index (χ3n) is 3.47. The number of carbonyl (C=O) groups excluding carboxylic acids is 1. The first kappa shape index (κ1) is 16.3. The van der Waals surface area contributed by atoms with Crippen LogP contribution in [-0.2, 0) is 0 Å². The molecule has 0 fully saturated rings. The van der Waals surface area contributed by atoms with E-state index in [1.54, 1.807) is 35.2 Å². The molecule has 0 unspecified atom stereocenters. The standard InChI is InChI=1S/C18H18ClN3O2/c1-12(2)11-20-18(23)16-10-14(17-8-5-9-24-17)21-22(16)15-7-4-3-6-13(15)19/h3-10,12H,11H2,1-2H3,(H,20,23). The minimum atomic E-state index is -0.200. The van der Waals surface area contributed by atoms with Gasteiger partial charge >= 0.3 is 0 Å². The number of rotatable bonds is 5. The van der Waals surface area contributed by atoms with E-state index in [1.165, 1.54) is 0 Å². The van der Waals surface area contributed by atoms with Gasteiger partial charge in [0.2, 0.25) is 0 Å². The molecule has 6 heteroatoms. The number of nitrogens with zero attached hydrogens (tertiary/aromatic N) is 2. The van der Waals surface area contributed by atoms with Crippen molar-refractivity contribution in [1.82, 2.24) is 15.1 Å². The summed E-state index contributed by atoms with van der Waals surface area (Å²) in [4.78, 5) is 12.6. The molecule has 0 aliphatic rings. The lowest BCUT2D eigenvalue weighted by Gasteiger charge is -2.10. The zero-order chi connectivity index (χ0) is 17.1. The van der Waals surface area contributed by atoms with Crippen molar-refractivity contribution in [2.45, 2.75) is 13.8 Å². The van der Waals surface area contributed by atoms with Gasteiger partial charge in [-0.2, -0.15) is 5.10 Å². The minimum Gasteiger partial charge on any atom is -0.463 e. The Morgan fingerprint density at radius 2 is 2.08 bits per heavy atom. The van der Waals surface area contributed by atoms with E-state index in [-0.39, 0.29) is 5.91 Å². The summed E-state index contributed by atoms with van der Waals surface area (Å²) in [5.41, 5.74) is 1.64. The lowest BCUT2D eigenvalue weighted by molar-refractivity contribution is 0.0941. The molecular weight excluding hydrogens is 326 g/mol. The van der Waals surface area contributed by atoms with Crippen molar-refractivity contribution in [3.8, 4) is 17.1 Å². The van der Waals surface area contributed by atoms with E-state index in [2.05, 4.69) is 10.4 Å². The second-order valence-electron chi connectivity index (χ2n) is 5.86. The molecular formula is C18H18ClN3O2. The van der Waals surface area contributed by atoms with Gasteiger partial charge in [0.1, 0.15) is 11.4 Å². The van der Waals surface area contributed by atoms with Gasteiger partial charge in [-0.25, -0.2) is 4.68 Å². The molecule has 2 heterocycles. The lowest BCUT2D eigenvalue weighted by atomic mass is 10.2. The minimum absolute atomic E-state index is 0.200. The van der Waals surface area contributed by atoms with Crippen molar-refractivity contribution in [3.63, 3.8) is 0 Å². The van der Waals surface area contributed by atoms with E-state index in [9.17, 15) is 4.79 Å². The van der Waals surface area contributed by atoms with E-state index in [0.717, 1.165) is 0 Å². The average molecular weight is 344 g/mol. The molecule has 1 amide bonds. The molecule has 0 spiro atoms. The molecule has 124 valence electrons. The van der Waals surface area contributed by atoms with E-state index < -0.39 is 0 Å². The number of hydrogen-bond donors (Lipinski definition) is 1. The lowest BCUT2D eigenvalue weighted by Crippen LogP contribution is -2.29. The van der Waals surface area contributed by atoms with E-state index in [1.807, 2.05) is 32.0 Å². The first-order valence-corrected chi connectivity index (χ1v) is 8.11. The molecule has 0 bridgehead atoms. The first-order valence-electron chi connectivity index (χ1n) is 7.73. The summed E-state index contributed by atoms with van der Waals surface area (Å²) in [6.07, 6.45) is 1.57. The Bertz CT molecular complexity index is 838. The predicted octanol–water partition coefficient (Wildman–Crippen LogP) is 4.17. The van der Waals surface area contributed by atoms with Gasteiger partial charge in [0.25, 0.3) is 5.91 Å². The summed E-state index contributed by atoms with van der Waals surface area (Å²) in [5, 5.41) is 7.94. The van der Waals surface area contributed by atoms with Crippen molar-refractivity contribution < 1.29 is 9.21 Å². The summed E-state index contributed by atoms with van der Waals surface area (Å²) in [6, 6.07) is 12.6. The molecule has 0 radical (unpaired) electrons. The zero-order valence-corrected chi connectivity index (χ0v) is 14.2. The van der Waals surface area contributed by atoms with E-state index >= 15 is 0 Å². The topological polar surface area (TPSA) is 60.1 Å². The summed E-state index contributed by atoms with van der Waals surface area (Å²) in [6.45, 7) is 4.67. The largest absolute Gasteiger partial charge is 0.463 e. The van der Waals surface area contributed by atoms with Crippen LogP contribution in [0.15, 0.2) is 53.1 Å². The highest BCUT2D eigenvalue weighted by atomic mass is 35.5. The van der Waals surface area contributed by atoms with Crippen molar-refractivity contribution in [2.24, 2.45) is 5.92 Å². The molecule has 2 aromatic heterocycles. The monoisotopic (exact) mass is 343 g/mol. The number of furan rings is 1. The van der Waals surface area contributed by atoms with Gasteiger partial charge in [-0.1, -0.05) is 37.6 Å². The maximum Gasteiger partial charge on any atom is 0.270 e. The maximum absolute atomic E-state index is 12.6. The van der Waals surface area contributed by atoms with E-state index in [0.29, 0.717) is 40.3 Å². The SMILES string of the molecule is CC(C)CNC(=O)c1cc(-c2ccco2)nn1-c1ccccc1Cl. The maximum atomic E-state index is 12.6. The molecule has 0 saturated carbocycles. The number of benzene rings is 1. The van der Waals surface area contributed by atoms with Gasteiger partial charge in [-0.05, 0) is 30.2 Å². The molecule has 3 aromatic rings. The van der Waals surface area contributed by atoms with Crippen LogP contribution < -0.4 is 5.32 Å². The number of para-hydroxylation sites is 1. The summed E-state index contributed by atoms with van der Waals surface area (Å²) in [7, 11) is 0. The fraction of sp³-hybridized carbons (Fsp3) is 0.222. The van der Waals surface area contributed by atoms with Crippen LogP contribution in [0.5, 0.6) is 0 Å². The number of carbonyl (C=O) groups is 1. The van der Waals surface area contributed by atoms with E-state index in [4.69, 9.17) is 16.0 Å². The van der Waals surface area contributed by atoms with Crippen molar-refractivity contribution in [2.75, 3.05) is 6.54 Å². The number of nitrogens with one attached hydrogen (secondary N) is 1. The molecule has 0 atom stereocenters. The van der Waals surface area contributed by atoms with Crippen molar-refractivity contribution >= 4 is 17.5 Å². The highest BCUT2D eigenvalue weighted by Crippen LogP contribution is 2.25. The molecule has 0 aliphatic heterocycles. The van der Waals surface area contributed by atoms with Crippen LogP contribution in [0.3, 0.4) is 0 Å². The number of hydrogen-bond acceptors (Lipinski definition) is 3. The second-order valence-corrected chi connectivity index (χ2v) is 6.27. The van der Waals surface area contributed by atoms with Crippen LogP contribution in [-0.4, -0.2) is 22.2 Å². The Kier molecular flexibility index (Phi) is 4.71. The summed E-state index contributed by atoms with van der Waals surface area (Å²) < 4.78 is 6.94. The third kappa shape index (κ3) is 3.36. The molecule has 24 heavy (non-hydrogen) atoms. The van der Waals surface area contributed by atoms with Crippen LogP contribution in [0.1, 0.15) is 24.3 Å². The Labute approximate surface area is 145 Å². The summed E-state index contributed by atoms with van der Waals surface area (Å²) in [5.74, 6) is 0.753. The fourth-order valence-corrected chi connectivity index (χ4v) is 2.50.